The smallest absolute Gasteiger partial charge is 0.224 e. The molecule has 0 unspecified atom stereocenters. The van der Waals surface area contributed by atoms with Crippen LogP contribution in [0.4, 0.5) is 5.69 Å². The van der Waals surface area contributed by atoms with E-state index < -0.39 is 0 Å². The Hall–Kier alpha value is -1.55. The topological polar surface area (TPSA) is 50.4 Å². The first-order valence-corrected chi connectivity index (χ1v) is 7.55. The van der Waals surface area contributed by atoms with Crippen LogP contribution >= 0.6 is 0 Å². The summed E-state index contributed by atoms with van der Waals surface area (Å²) in [5.41, 5.74) is 0.837. The lowest BCUT2D eigenvalue weighted by Gasteiger charge is -2.23. The zero-order chi connectivity index (χ0) is 14.2. The van der Waals surface area contributed by atoms with Crippen molar-refractivity contribution in [2.45, 2.75) is 45.1 Å². The van der Waals surface area contributed by atoms with Crippen LogP contribution in [0.25, 0.3) is 0 Å². The van der Waals surface area contributed by atoms with E-state index in [1.165, 1.54) is 0 Å². The van der Waals surface area contributed by atoms with Gasteiger partial charge in [-0.05, 0) is 56.6 Å². The number of hydrogen-bond donors (Lipinski definition) is 2. The number of unbranched alkanes of at least 4 members (excludes halogenated alkanes) is 1. The van der Waals surface area contributed by atoms with Crippen LogP contribution in [0, 0.1) is 0 Å². The predicted octanol–water partition coefficient (Wildman–Crippen LogP) is 2.95. The number of carbonyl (C=O) groups excluding carboxylic acids is 1. The van der Waals surface area contributed by atoms with Gasteiger partial charge in [0, 0.05) is 12.1 Å². The molecule has 4 nitrogen and oxygen atoms in total. The highest BCUT2D eigenvalue weighted by atomic mass is 16.5. The molecule has 0 atom stereocenters. The van der Waals surface area contributed by atoms with E-state index in [1.807, 2.05) is 24.3 Å². The third-order valence-electron chi connectivity index (χ3n) is 3.48. The molecule has 0 spiro atoms. The maximum atomic E-state index is 11.6. The fraction of sp³-hybridized carbons (Fsp3) is 0.562. The molecule has 1 amide bonds. The minimum Gasteiger partial charge on any atom is -0.490 e. The van der Waals surface area contributed by atoms with E-state index in [9.17, 15) is 4.79 Å². The van der Waals surface area contributed by atoms with E-state index in [0.29, 0.717) is 12.5 Å². The van der Waals surface area contributed by atoms with Gasteiger partial charge in [-0.15, -0.1) is 0 Å². The molecule has 2 rings (SSSR count). The second-order valence-electron chi connectivity index (χ2n) is 5.24. The Bertz CT molecular complexity index is 411. The average Bonchev–Trinajstić information content (AvgIpc) is 2.48. The van der Waals surface area contributed by atoms with E-state index in [0.717, 1.165) is 50.2 Å². The summed E-state index contributed by atoms with van der Waals surface area (Å²) in [6.45, 7) is 4.13. The Morgan fingerprint density at radius 3 is 2.65 bits per heavy atom. The number of benzene rings is 1. The third-order valence-corrected chi connectivity index (χ3v) is 3.48. The number of hydrogen-bond acceptors (Lipinski definition) is 3. The molecule has 1 aliphatic rings. The largest absolute Gasteiger partial charge is 0.490 e. The van der Waals surface area contributed by atoms with Crippen molar-refractivity contribution in [3.8, 4) is 5.75 Å². The van der Waals surface area contributed by atoms with Gasteiger partial charge in [-0.3, -0.25) is 4.79 Å². The van der Waals surface area contributed by atoms with E-state index in [4.69, 9.17) is 4.74 Å². The highest BCUT2D eigenvalue weighted by Crippen LogP contribution is 2.19. The molecule has 1 saturated heterocycles. The number of piperidine rings is 1. The van der Waals surface area contributed by atoms with Crippen molar-refractivity contribution in [2.24, 2.45) is 0 Å². The first-order chi connectivity index (χ1) is 9.78. The van der Waals surface area contributed by atoms with E-state index in [1.54, 1.807) is 0 Å². The molecule has 4 heteroatoms. The fourth-order valence-corrected chi connectivity index (χ4v) is 2.28. The first kappa shape index (κ1) is 14.9. The van der Waals surface area contributed by atoms with Crippen molar-refractivity contribution in [3.63, 3.8) is 0 Å². The zero-order valence-corrected chi connectivity index (χ0v) is 12.2. The summed E-state index contributed by atoms with van der Waals surface area (Å²) in [5.74, 6) is 0.960. The summed E-state index contributed by atoms with van der Waals surface area (Å²) in [6.07, 6.45) is 4.97. The van der Waals surface area contributed by atoms with Crippen LogP contribution in [0.15, 0.2) is 24.3 Å². The van der Waals surface area contributed by atoms with Crippen LogP contribution in [0.5, 0.6) is 5.75 Å². The molecule has 1 aliphatic heterocycles. The standard InChI is InChI=1S/C16H24N2O2/c1-2-3-4-16(19)18-13-5-7-14(8-6-13)20-15-9-11-17-12-10-15/h5-8,15,17H,2-4,9-12H2,1H3,(H,18,19). The highest BCUT2D eigenvalue weighted by molar-refractivity contribution is 5.90. The van der Waals surface area contributed by atoms with Crippen LogP contribution in [0.1, 0.15) is 39.0 Å². The van der Waals surface area contributed by atoms with E-state index in [-0.39, 0.29) is 5.91 Å². The van der Waals surface area contributed by atoms with Crippen molar-refractivity contribution >= 4 is 11.6 Å². The van der Waals surface area contributed by atoms with Crippen LogP contribution in [0.2, 0.25) is 0 Å². The molecule has 1 aromatic rings. The van der Waals surface area contributed by atoms with Crippen molar-refractivity contribution in [1.82, 2.24) is 5.32 Å². The normalized spacial score (nSPS) is 15.8. The Labute approximate surface area is 120 Å². The summed E-state index contributed by atoms with van der Waals surface area (Å²) in [6, 6.07) is 7.66. The Kier molecular flexibility index (Phi) is 5.87. The SMILES string of the molecule is CCCCC(=O)Nc1ccc(OC2CCNCC2)cc1. The van der Waals surface area contributed by atoms with Gasteiger partial charge in [0.15, 0.2) is 0 Å². The van der Waals surface area contributed by atoms with E-state index in [2.05, 4.69) is 17.6 Å². The van der Waals surface area contributed by atoms with Gasteiger partial charge in [0.2, 0.25) is 5.91 Å². The third kappa shape index (κ3) is 4.85. The Balaban J connectivity index is 1.81. The van der Waals surface area contributed by atoms with Crippen LogP contribution in [-0.4, -0.2) is 25.1 Å². The minimum atomic E-state index is 0.0823. The molecule has 0 bridgehead atoms. The average molecular weight is 276 g/mol. The number of anilines is 1. The van der Waals surface area contributed by atoms with Gasteiger partial charge in [-0.2, -0.15) is 0 Å². The molecule has 1 heterocycles. The summed E-state index contributed by atoms with van der Waals surface area (Å²) < 4.78 is 5.93. The Morgan fingerprint density at radius 1 is 1.30 bits per heavy atom. The minimum absolute atomic E-state index is 0.0823. The molecule has 0 radical (unpaired) electrons. The van der Waals surface area contributed by atoms with Crippen molar-refractivity contribution in [1.29, 1.82) is 0 Å². The van der Waals surface area contributed by atoms with Gasteiger partial charge in [-0.25, -0.2) is 0 Å². The van der Waals surface area contributed by atoms with Gasteiger partial charge >= 0.3 is 0 Å². The molecule has 2 N–H and O–H groups in total. The van der Waals surface area contributed by atoms with Gasteiger partial charge in [-0.1, -0.05) is 13.3 Å². The number of carbonyl (C=O) groups is 1. The van der Waals surface area contributed by atoms with Crippen LogP contribution < -0.4 is 15.4 Å². The van der Waals surface area contributed by atoms with Crippen LogP contribution in [0.3, 0.4) is 0 Å². The van der Waals surface area contributed by atoms with Crippen molar-refractivity contribution in [3.05, 3.63) is 24.3 Å². The fourth-order valence-electron chi connectivity index (χ4n) is 2.28. The van der Waals surface area contributed by atoms with E-state index >= 15 is 0 Å². The summed E-state index contributed by atoms with van der Waals surface area (Å²) >= 11 is 0. The van der Waals surface area contributed by atoms with Crippen molar-refractivity contribution in [2.75, 3.05) is 18.4 Å². The first-order valence-electron chi connectivity index (χ1n) is 7.55. The Morgan fingerprint density at radius 2 is 2.00 bits per heavy atom. The molecule has 1 aromatic carbocycles. The lowest BCUT2D eigenvalue weighted by Crippen LogP contribution is -2.34. The predicted molar refractivity (Wildman–Crippen MR) is 81.1 cm³/mol. The molecule has 0 aromatic heterocycles. The lowest BCUT2D eigenvalue weighted by atomic mass is 10.1. The molecule has 110 valence electrons. The molecule has 20 heavy (non-hydrogen) atoms. The molecule has 0 saturated carbocycles. The molecular weight excluding hydrogens is 252 g/mol. The number of amides is 1. The lowest BCUT2D eigenvalue weighted by molar-refractivity contribution is -0.116. The number of ether oxygens (including phenoxy) is 1. The molecule has 1 fully saturated rings. The van der Waals surface area contributed by atoms with Gasteiger partial charge in [0.05, 0.1) is 0 Å². The second kappa shape index (κ2) is 7.90. The van der Waals surface area contributed by atoms with Gasteiger partial charge in [0.1, 0.15) is 11.9 Å². The van der Waals surface area contributed by atoms with Gasteiger partial charge < -0.3 is 15.4 Å². The summed E-state index contributed by atoms with van der Waals surface area (Å²) in [5, 5.41) is 6.22. The van der Waals surface area contributed by atoms with Gasteiger partial charge in [0.25, 0.3) is 0 Å². The second-order valence-corrected chi connectivity index (χ2v) is 5.24. The molecular formula is C16H24N2O2. The summed E-state index contributed by atoms with van der Waals surface area (Å²) in [4.78, 5) is 11.6. The maximum Gasteiger partial charge on any atom is 0.224 e. The highest BCUT2D eigenvalue weighted by Gasteiger charge is 2.14. The molecule has 0 aliphatic carbocycles. The summed E-state index contributed by atoms with van der Waals surface area (Å²) in [7, 11) is 0. The quantitative estimate of drug-likeness (QED) is 0.840. The van der Waals surface area contributed by atoms with Crippen LogP contribution in [-0.2, 0) is 4.79 Å². The van der Waals surface area contributed by atoms with Crippen molar-refractivity contribution < 1.29 is 9.53 Å². The monoisotopic (exact) mass is 276 g/mol. The maximum absolute atomic E-state index is 11.6. The number of nitrogens with one attached hydrogen (secondary N) is 2. The number of rotatable bonds is 6. The zero-order valence-electron chi connectivity index (χ0n) is 12.2.